The van der Waals surface area contributed by atoms with Crippen LogP contribution in [-0.2, 0) is 16.1 Å². The number of rotatable bonds is 6. The minimum absolute atomic E-state index is 0.0769. The molecule has 0 saturated heterocycles. The highest BCUT2D eigenvalue weighted by atomic mass is 16.5. The fraction of sp³-hybridized carbons (Fsp3) is 0.533. The zero-order valence-electron chi connectivity index (χ0n) is 12.3. The zero-order chi connectivity index (χ0) is 15.2. The van der Waals surface area contributed by atoms with Crippen LogP contribution in [0, 0.1) is 0 Å². The highest BCUT2D eigenvalue weighted by Gasteiger charge is 2.16. The topological polar surface area (TPSA) is 90.4 Å². The quantitative estimate of drug-likeness (QED) is 0.880. The van der Waals surface area contributed by atoms with E-state index in [2.05, 4.69) is 15.5 Å². The molecule has 2 aromatic rings. The van der Waals surface area contributed by atoms with Crippen molar-refractivity contribution in [2.45, 2.75) is 44.8 Å². The molecule has 7 nitrogen and oxygen atoms in total. The third-order valence-electron chi connectivity index (χ3n) is 3.65. The van der Waals surface area contributed by atoms with Crippen molar-refractivity contribution in [2.24, 2.45) is 0 Å². The molecule has 0 bridgehead atoms. The van der Waals surface area contributed by atoms with Gasteiger partial charge in [0.25, 0.3) is 5.89 Å². The van der Waals surface area contributed by atoms with Gasteiger partial charge in [0.05, 0.1) is 18.9 Å². The highest BCUT2D eigenvalue weighted by molar-refractivity contribution is 5.77. The van der Waals surface area contributed by atoms with Crippen molar-refractivity contribution in [1.82, 2.24) is 15.5 Å². The van der Waals surface area contributed by atoms with Crippen molar-refractivity contribution in [3.63, 3.8) is 0 Å². The van der Waals surface area contributed by atoms with Gasteiger partial charge in [-0.15, -0.1) is 0 Å². The van der Waals surface area contributed by atoms with E-state index in [1.54, 1.807) is 12.1 Å². The highest BCUT2D eigenvalue weighted by Crippen LogP contribution is 2.20. The Balaban J connectivity index is 1.41. The molecule has 3 rings (SSSR count). The van der Waals surface area contributed by atoms with Crippen LogP contribution in [0.2, 0.25) is 0 Å². The standard InChI is InChI=1S/C15H19N3O4/c19-14(10-21-11-5-2-1-3-6-11)16-9-13-17-15(22-18-13)12-7-4-8-20-12/h4,7-8,11H,1-3,5-6,9-10H2,(H,16,19). The second-order valence-corrected chi connectivity index (χ2v) is 5.34. The number of nitrogens with zero attached hydrogens (tertiary/aromatic N) is 2. The lowest BCUT2D eigenvalue weighted by atomic mass is 9.98. The van der Waals surface area contributed by atoms with Crippen LogP contribution in [-0.4, -0.2) is 28.8 Å². The summed E-state index contributed by atoms with van der Waals surface area (Å²) in [5, 5.41) is 6.51. The molecule has 0 aromatic carbocycles. The summed E-state index contributed by atoms with van der Waals surface area (Å²) in [5.41, 5.74) is 0. The first-order valence-corrected chi connectivity index (χ1v) is 7.56. The molecule has 1 fully saturated rings. The molecule has 22 heavy (non-hydrogen) atoms. The Bertz CT molecular complexity index is 588. The number of furan rings is 1. The molecule has 0 aliphatic heterocycles. The van der Waals surface area contributed by atoms with E-state index in [0.717, 1.165) is 12.8 Å². The van der Waals surface area contributed by atoms with Gasteiger partial charge < -0.3 is 19.0 Å². The molecular formula is C15H19N3O4. The predicted octanol–water partition coefficient (Wildman–Crippen LogP) is 2.30. The first-order chi connectivity index (χ1) is 10.8. The number of ether oxygens (including phenoxy) is 1. The summed E-state index contributed by atoms with van der Waals surface area (Å²) >= 11 is 0. The number of aromatic nitrogens is 2. The first-order valence-electron chi connectivity index (χ1n) is 7.56. The van der Waals surface area contributed by atoms with Gasteiger partial charge in [0.1, 0.15) is 6.61 Å². The second kappa shape index (κ2) is 7.22. The van der Waals surface area contributed by atoms with Crippen LogP contribution in [0.4, 0.5) is 0 Å². The van der Waals surface area contributed by atoms with E-state index in [-0.39, 0.29) is 25.2 Å². The summed E-state index contributed by atoms with van der Waals surface area (Å²) in [6.07, 6.45) is 7.48. The average molecular weight is 305 g/mol. The summed E-state index contributed by atoms with van der Waals surface area (Å²) in [7, 11) is 0. The number of nitrogens with one attached hydrogen (secondary N) is 1. The van der Waals surface area contributed by atoms with Gasteiger partial charge in [-0.1, -0.05) is 24.4 Å². The predicted molar refractivity (Wildman–Crippen MR) is 76.7 cm³/mol. The van der Waals surface area contributed by atoms with Crippen LogP contribution < -0.4 is 5.32 Å². The molecule has 0 radical (unpaired) electrons. The van der Waals surface area contributed by atoms with Crippen molar-refractivity contribution in [3.05, 3.63) is 24.2 Å². The van der Waals surface area contributed by atoms with Crippen LogP contribution in [0.1, 0.15) is 37.9 Å². The molecule has 2 heterocycles. The molecule has 1 aliphatic carbocycles. The van der Waals surface area contributed by atoms with Gasteiger partial charge in [0.15, 0.2) is 11.6 Å². The lowest BCUT2D eigenvalue weighted by Crippen LogP contribution is -2.30. The fourth-order valence-electron chi connectivity index (χ4n) is 2.48. The van der Waals surface area contributed by atoms with E-state index in [1.165, 1.54) is 25.5 Å². The van der Waals surface area contributed by atoms with Crippen LogP contribution in [0.3, 0.4) is 0 Å². The monoisotopic (exact) mass is 305 g/mol. The smallest absolute Gasteiger partial charge is 0.293 e. The fourth-order valence-corrected chi connectivity index (χ4v) is 2.48. The minimum Gasteiger partial charge on any atom is -0.459 e. The maximum atomic E-state index is 11.8. The Morgan fingerprint density at radius 3 is 3.00 bits per heavy atom. The number of hydrogen-bond acceptors (Lipinski definition) is 6. The Labute approximate surface area is 128 Å². The van der Waals surface area contributed by atoms with Gasteiger partial charge in [-0.3, -0.25) is 4.79 Å². The Morgan fingerprint density at radius 2 is 2.23 bits per heavy atom. The third kappa shape index (κ3) is 3.94. The van der Waals surface area contributed by atoms with Crippen molar-refractivity contribution in [3.8, 4) is 11.7 Å². The summed E-state index contributed by atoms with van der Waals surface area (Å²) in [5.74, 6) is 1.03. The van der Waals surface area contributed by atoms with Gasteiger partial charge in [0, 0.05) is 0 Å². The maximum Gasteiger partial charge on any atom is 0.293 e. The van der Waals surface area contributed by atoms with Gasteiger partial charge in [-0.2, -0.15) is 4.98 Å². The summed E-state index contributed by atoms with van der Waals surface area (Å²) in [4.78, 5) is 15.9. The van der Waals surface area contributed by atoms with E-state index >= 15 is 0 Å². The number of carbonyl (C=O) groups is 1. The second-order valence-electron chi connectivity index (χ2n) is 5.34. The van der Waals surface area contributed by atoms with E-state index < -0.39 is 0 Å². The average Bonchev–Trinajstić information content (AvgIpc) is 3.22. The Hall–Kier alpha value is -2.15. The van der Waals surface area contributed by atoms with E-state index in [9.17, 15) is 4.79 Å². The van der Waals surface area contributed by atoms with Crippen molar-refractivity contribution >= 4 is 5.91 Å². The normalized spacial score (nSPS) is 15.8. The van der Waals surface area contributed by atoms with Gasteiger partial charge >= 0.3 is 0 Å². The molecule has 0 unspecified atom stereocenters. The first kappa shape index (κ1) is 14.8. The zero-order valence-corrected chi connectivity index (χ0v) is 12.3. The SMILES string of the molecule is O=C(COC1CCCCC1)NCc1noc(-c2ccco2)n1. The molecule has 118 valence electrons. The molecule has 2 aromatic heterocycles. The number of hydrogen-bond donors (Lipinski definition) is 1. The van der Waals surface area contributed by atoms with Crippen LogP contribution in [0.5, 0.6) is 0 Å². The van der Waals surface area contributed by atoms with Crippen LogP contribution in [0.15, 0.2) is 27.3 Å². The summed E-state index contributed by atoms with van der Waals surface area (Å²) in [6.45, 7) is 0.282. The third-order valence-corrected chi connectivity index (χ3v) is 3.65. The molecule has 7 heteroatoms. The van der Waals surface area contributed by atoms with Crippen molar-refractivity contribution in [2.75, 3.05) is 6.61 Å². The number of carbonyl (C=O) groups excluding carboxylic acids is 1. The maximum absolute atomic E-state index is 11.8. The summed E-state index contributed by atoms with van der Waals surface area (Å²) in [6, 6.07) is 3.47. The van der Waals surface area contributed by atoms with Crippen LogP contribution in [0.25, 0.3) is 11.7 Å². The molecule has 1 aliphatic rings. The molecule has 0 spiro atoms. The summed E-state index contributed by atoms with van der Waals surface area (Å²) < 4.78 is 15.8. The lowest BCUT2D eigenvalue weighted by Gasteiger charge is -2.21. The largest absolute Gasteiger partial charge is 0.459 e. The number of amides is 1. The molecule has 0 atom stereocenters. The molecule has 1 saturated carbocycles. The molecule has 1 amide bonds. The van der Waals surface area contributed by atoms with Gasteiger partial charge in [-0.25, -0.2) is 0 Å². The van der Waals surface area contributed by atoms with Gasteiger partial charge in [-0.05, 0) is 25.0 Å². The Kier molecular flexibility index (Phi) is 4.85. The van der Waals surface area contributed by atoms with Crippen LogP contribution >= 0.6 is 0 Å². The lowest BCUT2D eigenvalue weighted by molar-refractivity contribution is -0.128. The molecule has 1 N–H and O–H groups in total. The van der Waals surface area contributed by atoms with E-state index in [0.29, 0.717) is 17.5 Å². The van der Waals surface area contributed by atoms with Gasteiger partial charge in [0.2, 0.25) is 5.91 Å². The Morgan fingerprint density at radius 1 is 1.36 bits per heavy atom. The van der Waals surface area contributed by atoms with E-state index in [4.69, 9.17) is 13.7 Å². The van der Waals surface area contributed by atoms with Crippen molar-refractivity contribution in [1.29, 1.82) is 0 Å². The van der Waals surface area contributed by atoms with Crippen molar-refractivity contribution < 1.29 is 18.5 Å². The minimum atomic E-state index is -0.171. The van der Waals surface area contributed by atoms with E-state index in [1.807, 2.05) is 0 Å². The molecular weight excluding hydrogens is 286 g/mol.